The summed E-state index contributed by atoms with van der Waals surface area (Å²) in [5.74, 6) is 0.986. The first kappa shape index (κ1) is 21.5. The second kappa shape index (κ2) is 11.9. The van der Waals surface area contributed by atoms with E-state index in [1.54, 1.807) is 11.3 Å². The van der Waals surface area contributed by atoms with E-state index in [1.165, 1.54) is 20.9 Å². The van der Waals surface area contributed by atoms with Crippen molar-refractivity contribution in [1.29, 1.82) is 0 Å². The zero-order chi connectivity index (χ0) is 18.7. The van der Waals surface area contributed by atoms with E-state index >= 15 is 0 Å². The molecule has 0 saturated carbocycles. The van der Waals surface area contributed by atoms with Gasteiger partial charge in [0.05, 0.1) is 5.69 Å². The molecule has 1 nitrogen and oxygen atoms in total. The molecular formula is C22H29NS2. The Morgan fingerprint density at radius 3 is 2.04 bits per heavy atom. The van der Waals surface area contributed by atoms with Crippen LogP contribution in [-0.4, -0.2) is 4.98 Å². The fraction of sp³-hybridized carbons (Fsp3) is 0.318. The van der Waals surface area contributed by atoms with Crippen molar-refractivity contribution in [2.45, 2.75) is 52.2 Å². The van der Waals surface area contributed by atoms with Crippen LogP contribution < -0.4 is 0 Å². The Hall–Kier alpha value is -1.58. The molecule has 25 heavy (non-hydrogen) atoms. The predicted molar refractivity (Wildman–Crippen MR) is 116 cm³/mol. The fourth-order valence-corrected chi connectivity index (χ4v) is 4.16. The van der Waals surface area contributed by atoms with E-state index < -0.39 is 0 Å². The van der Waals surface area contributed by atoms with Gasteiger partial charge in [-0.3, -0.25) is 0 Å². The van der Waals surface area contributed by atoms with Crippen molar-refractivity contribution >= 4 is 23.1 Å². The van der Waals surface area contributed by atoms with Gasteiger partial charge in [-0.25, -0.2) is 4.98 Å². The average molecular weight is 372 g/mol. The molecule has 0 spiro atoms. The maximum atomic E-state index is 4.71. The fourth-order valence-electron chi connectivity index (χ4n) is 2.05. The summed E-state index contributed by atoms with van der Waals surface area (Å²) in [7, 11) is 0. The third-order valence-corrected chi connectivity index (χ3v) is 5.73. The Kier molecular flexibility index (Phi) is 10.2. The van der Waals surface area contributed by atoms with Crippen molar-refractivity contribution in [3.63, 3.8) is 0 Å². The van der Waals surface area contributed by atoms with Crippen molar-refractivity contribution in [3.8, 4) is 10.6 Å². The summed E-state index contributed by atoms with van der Waals surface area (Å²) in [5, 5.41) is 1.12. The lowest BCUT2D eigenvalue weighted by Crippen LogP contribution is -1.81. The van der Waals surface area contributed by atoms with Crippen LogP contribution in [-0.2, 0) is 5.75 Å². The van der Waals surface area contributed by atoms with Gasteiger partial charge in [-0.1, -0.05) is 75.7 Å². The van der Waals surface area contributed by atoms with E-state index in [2.05, 4.69) is 62.4 Å². The van der Waals surface area contributed by atoms with Gasteiger partial charge in [-0.15, -0.1) is 23.1 Å². The van der Waals surface area contributed by atoms with Crippen LogP contribution in [0.25, 0.3) is 10.6 Å². The molecule has 0 radical (unpaired) electrons. The minimum atomic E-state index is 0.986. The van der Waals surface area contributed by atoms with Gasteiger partial charge in [0.1, 0.15) is 5.01 Å². The number of hydrogen-bond donors (Lipinski definition) is 0. The number of thiazole rings is 1. The highest BCUT2D eigenvalue weighted by Crippen LogP contribution is 2.32. The number of thioether (sulfide) groups is 1. The zero-order valence-corrected chi connectivity index (χ0v) is 17.8. The highest BCUT2D eigenvalue weighted by atomic mass is 32.2. The summed E-state index contributed by atoms with van der Waals surface area (Å²) in [4.78, 5) is 7.39. The molecule has 134 valence electrons. The summed E-state index contributed by atoms with van der Waals surface area (Å²) in [6.07, 6.45) is 0. The maximum absolute atomic E-state index is 4.71. The van der Waals surface area contributed by atoms with Crippen LogP contribution in [0.1, 0.15) is 43.8 Å². The summed E-state index contributed by atoms with van der Waals surface area (Å²) in [6, 6.07) is 19.1. The van der Waals surface area contributed by atoms with Crippen molar-refractivity contribution in [2.24, 2.45) is 0 Å². The Labute approximate surface area is 161 Å². The number of hydrogen-bond acceptors (Lipinski definition) is 3. The van der Waals surface area contributed by atoms with Gasteiger partial charge in [-0.2, -0.15) is 0 Å². The Morgan fingerprint density at radius 2 is 1.44 bits per heavy atom. The van der Waals surface area contributed by atoms with Gasteiger partial charge < -0.3 is 0 Å². The van der Waals surface area contributed by atoms with E-state index in [-0.39, 0.29) is 0 Å². The van der Waals surface area contributed by atoms with Gasteiger partial charge in [0.15, 0.2) is 0 Å². The largest absolute Gasteiger partial charge is 0.241 e. The number of aromatic nitrogens is 1. The second-order valence-corrected chi connectivity index (χ2v) is 7.13. The van der Waals surface area contributed by atoms with E-state index in [0.717, 1.165) is 16.5 Å². The molecule has 1 aromatic heterocycles. The highest BCUT2D eigenvalue weighted by molar-refractivity contribution is 7.98. The van der Waals surface area contributed by atoms with E-state index in [0.29, 0.717) is 0 Å². The van der Waals surface area contributed by atoms with Crippen LogP contribution in [0.4, 0.5) is 0 Å². The minimum Gasteiger partial charge on any atom is -0.241 e. The lowest BCUT2D eigenvalue weighted by molar-refractivity contribution is 1.22. The van der Waals surface area contributed by atoms with Gasteiger partial charge in [0.2, 0.25) is 0 Å². The third-order valence-electron chi connectivity index (χ3n) is 3.30. The molecule has 0 amide bonds. The minimum absolute atomic E-state index is 0.986. The van der Waals surface area contributed by atoms with E-state index in [1.807, 2.05) is 45.5 Å². The maximum Gasteiger partial charge on any atom is 0.123 e. The number of rotatable bonds is 4. The summed E-state index contributed by atoms with van der Waals surface area (Å²) >= 11 is 3.68. The number of aryl methyl sites for hydroxylation is 2. The molecule has 0 atom stereocenters. The second-order valence-electron chi connectivity index (χ2n) is 5.00. The first-order chi connectivity index (χ1) is 12.2. The molecule has 0 aliphatic rings. The van der Waals surface area contributed by atoms with Crippen LogP contribution in [0.3, 0.4) is 0 Å². The molecule has 0 saturated heterocycles. The van der Waals surface area contributed by atoms with E-state index in [9.17, 15) is 0 Å². The number of nitrogens with zero attached hydrogens (tertiary/aromatic N) is 1. The molecule has 0 N–H and O–H groups in total. The molecule has 0 unspecified atom stereocenters. The lowest BCUT2D eigenvalue weighted by Gasteiger charge is -2.01. The van der Waals surface area contributed by atoms with Crippen LogP contribution in [0.5, 0.6) is 0 Å². The molecule has 0 bridgehead atoms. The molecule has 3 rings (SSSR count). The topological polar surface area (TPSA) is 12.9 Å². The molecule has 0 aliphatic heterocycles. The zero-order valence-electron chi connectivity index (χ0n) is 16.2. The smallest absolute Gasteiger partial charge is 0.123 e. The Bertz CT molecular complexity index is 716. The quantitative estimate of drug-likeness (QED) is 0.434. The normalized spacial score (nSPS) is 9.52. The highest BCUT2D eigenvalue weighted by Gasteiger charge is 2.09. The van der Waals surface area contributed by atoms with Crippen molar-refractivity contribution in [1.82, 2.24) is 4.98 Å². The van der Waals surface area contributed by atoms with Crippen LogP contribution in [0.15, 0.2) is 59.5 Å². The predicted octanol–water partition coefficient (Wildman–Crippen LogP) is 7.77. The van der Waals surface area contributed by atoms with Crippen LogP contribution >= 0.6 is 23.1 Å². The van der Waals surface area contributed by atoms with Gasteiger partial charge in [0.25, 0.3) is 0 Å². The first-order valence-electron chi connectivity index (χ1n) is 8.93. The molecule has 3 heteroatoms. The van der Waals surface area contributed by atoms with Crippen molar-refractivity contribution in [2.75, 3.05) is 0 Å². The van der Waals surface area contributed by atoms with Gasteiger partial charge in [0, 0.05) is 21.1 Å². The molecule has 0 fully saturated rings. The SMILES string of the molecule is CC.CC.Cc1ccc(SCc2sc(-c3ccccc3)nc2C)cc1. The number of benzene rings is 2. The van der Waals surface area contributed by atoms with Crippen LogP contribution in [0, 0.1) is 13.8 Å². The monoisotopic (exact) mass is 371 g/mol. The molecular weight excluding hydrogens is 342 g/mol. The summed E-state index contributed by atoms with van der Waals surface area (Å²) < 4.78 is 0. The van der Waals surface area contributed by atoms with Crippen molar-refractivity contribution < 1.29 is 0 Å². The first-order valence-corrected chi connectivity index (χ1v) is 10.7. The Balaban J connectivity index is 0.000000730. The van der Waals surface area contributed by atoms with Crippen molar-refractivity contribution in [3.05, 3.63) is 70.7 Å². The van der Waals surface area contributed by atoms with Gasteiger partial charge in [-0.05, 0) is 26.0 Å². The lowest BCUT2D eigenvalue weighted by atomic mass is 10.2. The summed E-state index contributed by atoms with van der Waals surface area (Å²) in [6.45, 7) is 12.2. The molecule has 1 heterocycles. The standard InChI is InChI=1S/C18H17NS2.2C2H6/c1-13-8-10-16(11-9-13)20-12-17-14(2)19-18(21-17)15-6-4-3-5-7-15;2*1-2/h3-11H,12H2,1-2H3;2*1-2H3. The van der Waals surface area contributed by atoms with E-state index in [4.69, 9.17) is 4.98 Å². The van der Waals surface area contributed by atoms with Gasteiger partial charge >= 0.3 is 0 Å². The third kappa shape index (κ3) is 6.68. The van der Waals surface area contributed by atoms with Crippen LogP contribution in [0.2, 0.25) is 0 Å². The average Bonchev–Trinajstić information content (AvgIpc) is 3.06. The molecule has 0 aliphatic carbocycles. The Morgan fingerprint density at radius 1 is 0.840 bits per heavy atom. The summed E-state index contributed by atoms with van der Waals surface area (Å²) in [5.41, 5.74) is 3.66. The molecule has 3 aromatic rings. The molecule has 2 aromatic carbocycles.